The minimum atomic E-state index is -3.56. The molecule has 2 rings (SSSR count). The van der Waals surface area contributed by atoms with Gasteiger partial charge in [0.2, 0.25) is 0 Å². The Labute approximate surface area is 154 Å². The second-order valence-corrected chi connectivity index (χ2v) is 9.17. The van der Waals surface area contributed by atoms with Crippen LogP contribution in [0.2, 0.25) is 5.02 Å². The van der Waals surface area contributed by atoms with E-state index in [1.54, 1.807) is 25.1 Å². The van der Waals surface area contributed by atoms with Gasteiger partial charge in [0, 0.05) is 13.3 Å². The highest BCUT2D eigenvalue weighted by Gasteiger charge is 2.32. The average molecular weight is 384 g/mol. The SMILES string of the molecule is COCN(c1cc(Cl)cnc1C)S(=O)(=[OH+])c1ccc(C(C)(C)C)cc1. The van der Waals surface area contributed by atoms with Crippen molar-refractivity contribution in [1.29, 1.82) is 0 Å². The zero-order chi connectivity index (χ0) is 18.8. The first-order valence-electron chi connectivity index (χ1n) is 7.83. The number of aryl methyl sites for hydroxylation is 1. The first-order chi connectivity index (χ1) is 11.6. The summed E-state index contributed by atoms with van der Waals surface area (Å²) in [6, 6.07) is 8.72. The number of anilines is 1. The maximum atomic E-state index is 13.2. The molecule has 0 radical (unpaired) electrons. The normalized spacial score (nSPS) is 14.2. The number of nitrogens with zero attached hydrogens (tertiary/aromatic N) is 2. The Hall–Kier alpha value is -1.63. The van der Waals surface area contributed by atoms with Crippen LogP contribution in [0.5, 0.6) is 0 Å². The summed E-state index contributed by atoms with van der Waals surface area (Å²) < 4.78 is 30.5. The maximum Gasteiger partial charge on any atom is 0.400 e. The van der Waals surface area contributed by atoms with E-state index in [1.165, 1.54) is 17.6 Å². The molecule has 0 aliphatic heterocycles. The zero-order valence-corrected chi connectivity index (χ0v) is 16.7. The standard InChI is InChI=1S/C18H23ClN2O3S/c1-13-17(10-15(19)11-20-13)21(12-24-5)25(22,23)16-8-6-14(7-9-16)18(2,3)4/h6-11H,12H2,1-5H3/p+1. The molecule has 0 saturated carbocycles. The lowest BCUT2D eigenvalue weighted by molar-refractivity contribution is 0.209. The fourth-order valence-electron chi connectivity index (χ4n) is 2.40. The topological polar surface area (TPSA) is 63.8 Å². The molecule has 0 amide bonds. The van der Waals surface area contributed by atoms with Crippen LogP contribution < -0.4 is 4.31 Å². The predicted molar refractivity (Wildman–Crippen MR) is 102 cm³/mol. The van der Waals surface area contributed by atoms with Gasteiger partial charge in [-0.2, -0.15) is 8.51 Å². The van der Waals surface area contributed by atoms with E-state index >= 15 is 0 Å². The Balaban J connectivity index is 2.51. The minimum Gasteiger partial charge on any atom is -0.363 e. The Morgan fingerprint density at radius 3 is 2.40 bits per heavy atom. The number of aromatic nitrogens is 1. The van der Waals surface area contributed by atoms with Crippen LogP contribution in [0.4, 0.5) is 5.69 Å². The van der Waals surface area contributed by atoms with Crippen LogP contribution >= 0.6 is 11.6 Å². The minimum absolute atomic E-state index is 0.0332. The van der Waals surface area contributed by atoms with Crippen LogP contribution in [-0.2, 0) is 20.2 Å². The summed E-state index contributed by atoms with van der Waals surface area (Å²) >= 11 is 6.02. The molecule has 0 saturated heterocycles. The van der Waals surface area contributed by atoms with Crippen LogP contribution in [-0.4, -0.2) is 27.2 Å². The van der Waals surface area contributed by atoms with Gasteiger partial charge in [0.05, 0.1) is 16.4 Å². The van der Waals surface area contributed by atoms with Crippen LogP contribution in [0.1, 0.15) is 32.0 Å². The summed E-state index contributed by atoms with van der Waals surface area (Å²) in [5, 5.41) is 0.389. The Kier molecular flexibility index (Phi) is 5.76. The highest BCUT2D eigenvalue weighted by molar-refractivity contribution is 7.92. The molecule has 1 unspecified atom stereocenters. The summed E-state index contributed by atoms with van der Waals surface area (Å²) in [4.78, 5) is 4.47. The van der Waals surface area contributed by atoms with Crippen molar-refractivity contribution >= 4 is 27.3 Å². The third-order valence-electron chi connectivity index (χ3n) is 3.87. The molecule has 1 atom stereocenters. The molecule has 1 aromatic carbocycles. The third-order valence-corrected chi connectivity index (χ3v) is 5.86. The number of halogens is 1. The Morgan fingerprint density at radius 2 is 1.88 bits per heavy atom. The number of ether oxygens (including phenoxy) is 1. The summed E-state index contributed by atoms with van der Waals surface area (Å²) in [7, 11) is -2.09. The second kappa shape index (κ2) is 7.32. The van der Waals surface area contributed by atoms with Gasteiger partial charge in [-0.05, 0) is 36.1 Å². The molecular weight excluding hydrogens is 360 g/mol. The van der Waals surface area contributed by atoms with Crippen molar-refractivity contribution in [2.75, 3.05) is 18.1 Å². The third kappa shape index (κ3) is 4.32. The van der Waals surface area contributed by atoms with E-state index in [1.807, 2.05) is 12.1 Å². The Morgan fingerprint density at radius 1 is 1.28 bits per heavy atom. The van der Waals surface area contributed by atoms with Crippen molar-refractivity contribution in [1.82, 2.24) is 4.98 Å². The Bertz CT molecular complexity index is 844. The average Bonchev–Trinajstić information content (AvgIpc) is 2.54. The lowest BCUT2D eigenvalue weighted by Gasteiger charge is -2.22. The van der Waals surface area contributed by atoms with Gasteiger partial charge in [-0.1, -0.05) is 44.5 Å². The van der Waals surface area contributed by atoms with Gasteiger partial charge >= 0.3 is 10.0 Å². The van der Waals surface area contributed by atoms with Crippen molar-refractivity contribution in [3.8, 4) is 0 Å². The molecule has 136 valence electrons. The molecule has 1 aromatic heterocycles. The van der Waals surface area contributed by atoms with Crippen molar-refractivity contribution in [3.05, 3.63) is 52.8 Å². The molecular formula is C18H24ClN2O3S+. The zero-order valence-electron chi connectivity index (χ0n) is 15.1. The monoisotopic (exact) mass is 383 g/mol. The van der Waals surface area contributed by atoms with Gasteiger partial charge in [0.25, 0.3) is 0 Å². The molecule has 0 bridgehead atoms. The van der Waals surface area contributed by atoms with E-state index in [2.05, 4.69) is 25.8 Å². The summed E-state index contributed by atoms with van der Waals surface area (Å²) in [6.07, 6.45) is 1.50. The molecule has 1 N–H and O–H groups in total. The van der Waals surface area contributed by atoms with Crippen LogP contribution in [0.3, 0.4) is 0 Å². The van der Waals surface area contributed by atoms with Crippen LogP contribution in [0, 0.1) is 6.92 Å². The largest absolute Gasteiger partial charge is 0.400 e. The maximum absolute atomic E-state index is 13.2. The molecule has 2 aromatic rings. The van der Waals surface area contributed by atoms with Crippen molar-refractivity contribution < 1.29 is 13.2 Å². The van der Waals surface area contributed by atoms with E-state index in [4.69, 9.17) is 16.3 Å². The molecule has 0 spiro atoms. The van der Waals surface area contributed by atoms with E-state index in [-0.39, 0.29) is 12.1 Å². The lowest BCUT2D eigenvalue weighted by atomic mass is 9.87. The van der Waals surface area contributed by atoms with Crippen molar-refractivity contribution in [2.45, 2.75) is 38.0 Å². The van der Waals surface area contributed by atoms with E-state index in [0.717, 1.165) is 5.56 Å². The molecule has 0 fully saturated rings. The van der Waals surface area contributed by atoms with Gasteiger partial charge in [-0.25, -0.2) is 4.21 Å². The first-order valence-corrected chi connectivity index (χ1v) is 9.68. The van der Waals surface area contributed by atoms with E-state index in [0.29, 0.717) is 21.3 Å². The fourth-order valence-corrected chi connectivity index (χ4v) is 4.00. The smallest absolute Gasteiger partial charge is 0.363 e. The van der Waals surface area contributed by atoms with Gasteiger partial charge in [-0.15, -0.1) is 0 Å². The van der Waals surface area contributed by atoms with Crippen LogP contribution in [0.25, 0.3) is 0 Å². The number of rotatable bonds is 5. The van der Waals surface area contributed by atoms with Crippen molar-refractivity contribution in [3.63, 3.8) is 0 Å². The molecule has 7 heteroatoms. The fraction of sp³-hybridized carbons (Fsp3) is 0.389. The first kappa shape index (κ1) is 19.7. The number of benzene rings is 1. The quantitative estimate of drug-likeness (QED) is 0.571. The molecule has 25 heavy (non-hydrogen) atoms. The summed E-state index contributed by atoms with van der Waals surface area (Å²) in [5.74, 6) is 0. The van der Waals surface area contributed by atoms with E-state index in [9.17, 15) is 8.42 Å². The number of pyridine rings is 1. The summed E-state index contributed by atoms with van der Waals surface area (Å²) in [5.41, 5.74) is 2.11. The molecule has 1 heterocycles. The molecule has 0 aliphatic carbocycles. The van der Waals surface area contributed by atoms with Gasteiger partial charge < -0.3 is 4.74 Å². The van der Waals surface area contributed by atoms with Gasteiger partial charge in [0.1, 0.15) is 11.6 Å². The predicted octanol–water partition coefficient (Wildman–Crippen LogP) is 4.30. The highest BCUT2D eigenvalue weighted by Crippen LogP contribution is 2.29. The molecule has 5 nitrogen and oxygen atoms in total. The van der Waals surface area contributed by atoms with Gasteiger partial charge in [-0.3, -0.25) is 4.98 Å². The molecule has 0 aliphatic rings. The lowest BCUT2D eigenvalue weighted by Crippen LogP contribution is -2.33. The van der Waals surface area contributed by atoms with Gasteiger partial charge in [0.15, 0.2) is 0 Å². The second-order valence-electron chi connectivity index (χ2n) is 6.83. The highest BCUT2D eigenvalue weighted by atomic mass is 35.5. The summed E-state index contributed by atoms with van der Waals surface area (Å²) in [6.45, 7) is 7.97. The number of methoxy groups -OCH3 is 1. The van der Waals surface area contributed by atoms with Crippen molar-refractivity contribution in [2.24, 2.45) is 0 Å². The number of hydrogen-bond acceptors (Lipinski definition) is 3. The van der Waals surface area contributed by atoms with Crippen LogP contribution in [0.15, 0.2) is 41.4 Å². The number of hydrogen-bond donors (Lipinski definition) is 0. The van der Waals surface area contributed by atoms with E-state index < -0.39 is 10.0 Å².